The van der Waals surface area contributed by atoms with Crippen LogP contribution in [0.15, 0.2) is 18.2 Å². The summed E-state index contributed by atoms with van der Waals surface area (Å²) in [5, 5.41) is 3.52. The highest BCUT2D eigenvalue weighted by Gasteiger charge is 2.29. The van der Waals surface area contributed by atoms with Crippen LogP contribution >= 0.6 is 0 Å². The molecule has 88 valence electrons. The second-order valence-electron chi connectivity index (χ2n) is 4.46. The predicted octanol–water partition coefficient (Wildman–Crippen LogP) is 1.61. The first-order valence-electron chi connectivity index (χ1n) is 5.84. The van der Waals surface area contributed by atoms with Crippen LogP contribution in [0.3, 0.4) is 0 Å². The second kappa shape index (κ2) is 4.85. The molecule has 0 bridgehead atoms. The number of hydrogen-bond donors (Lipinski definition) is 2. The summed E-state index contributed by atoms with van der Waals surface area (Å²) in [5.74, 6) is 1.49. The Morgan fingerprint density at radius 1 is 1.50 bits per heavy atom. The molecule has 0 amide bonds. The zero-order chi connectivity index (χ0) is 11.5. The molecule has 16 heavy (non-hydrogen) atoms. The normalized spacial score (nSPS) is 24.7. The van der Waals surface area contributed by atoms with Gasteiger partial charge in [-0.25, -0.2) is 0 Å². The Kier molecular flexibility index (Phi) is 3.46. The number of methoxy groups -OCH3 is 1. The topological polar surface area (TPSA) is 47.3 Å². The fourth-order valence-corrected chi connectivity index (χ4v) is 2.47. The van der Waals surface area contributed by atoms with Gasteiger partial charge in [-0.05, 0) is 38.4 Å². The van der Waals surface area contributed by atoms with Crippen LogP contribution in [0.5, 0.6) is 5.75 Å². The lowest BCUT2D eigenvalue weighted by molar-refractivity contribution is 0.390. The van der Waals surface area contributed by atoms with Crippen molar-refractivity contribution in [3.8, 4) is 5.75 Å². The summed E-state index contributed by atoms with van der Waals surface area (Å²) >= 11 is 0. The SMILES string of the molecule is COc1ccc(C)cc1C1NCCC1CN. The third-order valence-electron chi connectivity index (χ3n) is 3.37. The van der Waals surface area contributed by atoms with Crippen LogP contribution in [0, 0.1) is 12.8 Å². The first-order valence-corrected chi connectivity index (χ1v) is 5.84. The molecule has 1 heterocycles. The van der Waals surface area contributed by atoms with Crippen LogP contribution in [0.4, 0.5) is 0 Å². The minimum absolute atomic E-state index is 0.347. The number of hydrogen-bond acceptors (Lipinski definition) is 3. The molecule has 0 aromatic heterocycles. The Labute approximate surface area is 97.0 Å². The zero-order valence-electron chi connectivity index (χ0n) is 9.99. The summed E-state index contributed by atoms with van der Waals surface area (Å²) in [7, 11) is 1.72. The molecule has 3 nitrogen and oxygen atoms in total. The van der Waals surface area contributed by atoms with Crippen LogP contribution in [-0.2, 0) is 0 Å². The predicted molar refractivity (Wildman–Crippen MR) is 65.6 cm³/mol. The van der Waals surface area contributed by atoms with Gasteiger partial charge in [-0.1, -0.05) is 17.7 Å². The molecule has 3 heteroatoms. The number of ether oxygens (including phenoxy) is 1. The summed E-state index contributed by atoms with van der Waals surface area (Å²) in [6.07, 6.45) is 1.15. The van der Waals surface area contributed by atoms with Gasteiger partial charge in [-0.3, -0.25) is 0 Å². The van der Waals surface area contributed by atoms with Gasteiger partial charge in [0.1, 0.15) is 5.75 Å². The van der Waals surface area contributed by atoms with E-state index in [0.717, 1.165) is 25.3 Å². The summed E-state index contributed by atoms with van der Waals surface area (Å²) in [6.45, 7) is 3.88. The summed E-state index contributed by atoms with van der Waals surface area (Å²) in [6, 6.07) is 6.66. The van der Waals surface area contributed by atoms with Crippen molar-refractivity contribution in [2.75, 3.05) is 20.2 Å². The average molecular weight is 220 g/mol. The van der Waals surface area contributed by atoms with Crippen molar-refractivity contribution in [1.82, 2.24) is 5.32 Å². The van der Waals surface area contributed by atoms with Crippen molar-refractivity contribution in [2.24, 2.45) is 11.7 Å². The molecule has 2 atom stereocenters. The first-order chi connectivity index (χ1) is 7.76. The fraction of sp³-hybridized carbons (Fsp3) is 0.538. The standard InChI is InChI=1S/C13H20N2O/c1-9-3-4-12(16-2)11(7-9)13-10(8-14)5-6-15-13/h3-4,7,10,13,15H,5-6,8,14H2,1-2H3. The lowest BCUT2D eigenvalue weighted by atomic mass is 9.93. The van der Waals surface area contributed by atoms with E-state index in [2.05, 4.69) is 24.4 Å². The van der Waals surface area contributed by atoms with Gasteiger partial charge in [0.25, 0.3) is 0 Å². The van der Waals surface area contributed by atoms with E-state index in [9.17, 15) is 0 Å². The molecule has 0 aliphatic carbocycles. The van der Waals surface area contributed by atoms with Gasteiger partial charge in [0.05, 0.1) is 7.11 Å². The van der Waals surface area contributed by atoms with Gasteiger partial charge in [0, 0.05) is 11.6 Å². The molecule has 2 rings (SSSR count). The highest BCUT2D eigenvalue weighted by Crippen LogP contribution is 2.34. The Morgan fingerprint density at radius 3 is 3.00 bits per heavy atom. The molecule has 3 N–H and O–H groups in total. The van der Waals surface area contributed by atoms with Gasteiger partial charge in [0.15, 0.2) is 0 Å². The van der Waals surface area contributed by atoms with E-state index in [4.69, 9.17) is 10.5 Å². The number of aryl methyl sites for hydroxylation is 1. The number of nitrogens with one attached hydrogen (secondary N) is 1. The maximum Gasteiger partial charge on any atom is 0.123 e. The molecule has 1 saturated heterocycles. The third-order valence-corrected chi connectivity index (χ3v) is 3.37. The highest BCUT2D eigenvalue weighted by molar-refractivity contribution is 5.40. The number of rotatable bonds is 3. The van der Waals surface area contributed by atoms with E-state index >= 15 is 0 Å². The molecule has 0 radical (unpaired) electrons. The molecule has 1 aromatic rings. The van der Waals surface area contributed by atoms with Crippen molar-refractivity contribution < 1.29 is 4.74 Å². The number of nitrogens with two attached hydrogens (primary N) is 1. The average Bonchev–Trinajstić information content (AvgIpc) is 2.76. The monoisotopic (exact) mass is 220 g/mol. The van der Waals surface area contributed by atoms with Crippen molar-refractivity contribution in [2.45, 2.75) is 19.4 Å². The van der Waals surface area contributed by atoms with Gasteiger partial charge < -0.3 is 15.8 Å². The Hall–Kier alpha value is -1.06. The quantitative estimate of drug-likeness (QED) is 0.813. The van der Waals surface area contributed by atoms with Crippen LogP contribution in [0.25, 0.3) is 0 Å². The Morgan fingerprint density at radius 2 is 2.31 bits per heavy atom. The van der Waals surface area contributed by atoms with Crippen LogP contribution in [-0.4, -0.2) is 20.2 Å². The van der Waals surface area contributed by atoms with Crippen LogP contribution in [0.1, 0.15) is 23.6 Å². The maximum atomic E-state index is 5.81. The van der Waals surface area contributed by atoms with Crippen molar-refractivity contribution in [3.63, 3.8) is 0 Å². The van der Waals surface area contributed by atoms with E-state index < -0.39 is 0 Å². The smallest absolute Gasteiger partial charge is 0.123 e. The molecular weight excluding hydrogens is 200 g/mol. The van der Waals surface area contributed by atoms with Gasteiger partial charge in [-0.15, -0.1) is 0 Å². The van der Waals surface area contributed by atoms with E-state index in [1.54, 1.807) is 7.11 Å². The fourth-order valence-electron chi connectivity index (χ4n) is 2.47. The number of benzene rings is 1. The van der Waals surface area contributed by atoms with Crippen LogP contribution in [0.2, 0.25) is 0 Å². The summed E-state index contributed by atoms with van der Waals surface area (Å²) in [4.78, 5) is 0. The minimum Gasteiger partial charge on any atom is -0.496 e. The van der Waals surface area contributed by atoms with Crippen LogP contribution < -0.4 is 15.8 Å². The Balaban J connectivity index is 2.34. The molecule has 0 saturated carbocycles. The second-order valence-corrected chi connectivity index (χ2v) is 4.46. The molecule has 1 aliphatic rings. The molecule has 2 unspecified atom stereocenters. The third kappa shape index (κ3) is 2.06. The molecule has 1 aliphatic heterocycles. The van der Waals surface area contributed by atoms with E-state index in [0.29, 0.717) is 12.0 Å². The lowest BCUT2D eigenvalue weighted by Crippen LogP contribution is -2.23. The molecular formula is C13H20N2O. The minimum atomic E-state index is 0.347. The zero-order valence-corrected chi connectivity index (χ0v) is 9.99. The summed E-state index contributed by atoms with van der Waals surface area (Å²) < 4.78 is 5.42. The van der Waals surface area contributed by atoms with E-state index in [1.165, 1.54) is 11.1 Å². The van der Waals surface area contributed by atoms with Gasteiger partial charge in [0.2, 0.25) is 0 Å². The van der Waals surface area contributed by atoms with E-state index in [-0.39, 0.29) is 0 Å². The van der Waals surface area contributed by atoms with Crippen molar-refractivity contribution in [3.05, 3.63) is 29.3 Å². The summed E-state index contributed by atoms with van der Waals surface area (Å²) in [5.41, 5.74) is 8.32. The highest BCUT2D eigenvalue weighted by atomic mass is 16.5. The maximum absolute atomic E-state index is 5.81. The Bertz CT molecular complexity index is 365. The first kappa shape index (κ1) is 11.4. The van der Waals surface area contributed by atoms with Crippen molar-refractivity contribution >= 4 is 0 Å². The largest absolute Gasteiger partial charge is 0.496 e. The van der Waals surface area contributed by atoms with E-state index in [1.807, 2.05) is 6.07 Å². The lowest BCUT2D eigenvalue weighted by Gasteiger charge is -2.21. The van der Waals surface area contributed by atoms with Gasteiger partial charge in [-0.2, -0.15) is 0 Å². The van der Waals surface area contributed by atoms with Crippen molar-refractivity contribution in [1.29, 1.82) is 0 Å². The van der Waals surface area contributed by atoms with Gasteiger partial charge >= 0.3 is 0 Å². The molecule has 1 aromatic carbocycles. The molecule has 0 spiro atoms. The molecule has 1 fully saturated rings.